The molecule has 0 atom stereocenters. The van der Waals surface area contributed by atoms with Crippen molar-refractivity contribution in [2.45, 2.75) is 13.8 Å². The van der Waals surface area contributed by atoms with E-state index < -0.39 is 5.97 Å². The minimum atomic E-state index is -0.976. The molecule has 92 valence electrons. The zero-order valence-electron chi connectivity index (χ0n) is 10.1. The molecule has 2 rings (SSSR count). The minimum absolute atomic E-state index is 0.621. The molecule has 1 N–H and O–H groups in total. The summed E-state index contributed by atoms with van der Waals surface area (Å²) in [5.74, 6) is -0.976. The van der Waals surface area contributed by atoms with Gasteiger partial charge in [0.2, 0.25) is 0 Å². The van der Waals surface area contributed by atoms with Gasteiger partial charge in [0, 0.05) is 22.2 Å². The van der Waals surface area contributed by atoms with Gasteiger partial charge in [-0.2, -0.15) is 0 Å². The van der Waals surface area contributed by atoms with Crippen molar-refractivity contribution >= 4 is 34.5 Å². The van der Waals surface area contributed by atoms with Crippen LogP contribution in [-0.4, -0.2) is 16.1 Å². The molecule has 0 fully saturated rings. The van der Waals surface area contributed by atoms with E-state index in [0.717, 1.165) is 33.8 Å². The number of carboxylic acid groups (broad SMARTS) is 1. The molecule has 0 unspecified atom stereocenters. The Labute approximate surface area is 110 Å². The number of aryl methyl sites for hydroxylation is 2. The molecule has 0 saturated heterocycles. The second-order valence-electron chi connectivity index (χ2n) is 4.14. The zero-order valence-corrected chi connectivity index (χ0v) is 10.8. The Hall–Kier alpha value is -1.87. The fraction of sp³-hybridized carbons (Fsp3) is 0.143. The van der Waals surface area contributed by atoms with Crippen LogP contribution in [0.4, 0.5) is 0 Å². The van der Waals surface area contributed by atoms with Crippen molar-refractivity contribution in [3.8, 4) is 0 Å². The van der Waals surface area contributed by atoms with Gasteiger partial charge in [0.05, 0.1) is 5.52 Å². The maximum absolute atomic E-state index is 10.6. The Balaban J connectivity index is 2.75. The first kappa shape index (κ1) is 12.6. The molecule has 0 aliphatic rings. The number of aromatic nitrogens is 1. The Morgan fingerprint density at radius 1 is 1.33 bits per heavy atom. The Morgan fingerprint density at radius 2 is 2.06 bits per heavy atom. The second kappa shape index (κ2) is 4.78. The van der Waals surface area contributed by atoms with E-state index in [-0.39, 0.29) is 0 Å². The van der Waals surface area contributed by atoms with Crippen molar-refractivity contribution in [3.05, 3.63) is 46.1 Å². The SMILES string of the molecule is Cc1cc(/C=C/C(=O)O)c2cc(Cl)cc(C)c2n1. The molecule has 18 heavy (non-hydrogen) atoms. The average Bonchev–Trinajstić information content (AvgIpc) is 2.27. The number of pyridine rings is 1. The number of halogens is 1. The van der Waals surface area contributed by atoms with Crippen LogP contribution in [0.25, 0.3) is 17.0 Å². The minimum Gasteiger partial charge on any atom is -0.478 e. The zero-order chi connectivity index (χ0) is 13.3. The fourth-order valence-electron chi connectivity index (χ4n) is 1.91. The van der Waals surface area contributed by atoms with Crippen molar-refractivity contribution in [1.29, 1.82) is 0 Å². The molecular weight excluding hydrogens is 250 g/mol. The molecule has 0 saturated carbocycles. The maximum atomic E-state index is 10.6. The van der Waals surface area contributed by atoms with E-state index in [1.54, 1.807) is 12.1 Å². The molecule has 0 aliphatic heterocycles. The summed E-state index contributed by atoms with van der Waals surface area (Å²) in [4.78, 5) is 15.1. The number of carbonyl (C=O) groups is 1. The molecule has 0 bridgehead atoms. The maximum Gasteiger partial charge on any atom is 0.328 e. The van der Waals surface area contributed by atoms with Crippen LogP contribution in [0.1, 0.15) is 16.8 Å². The topological polar surface area (TPSA) is 50.2 Å². The molecule has 1 heterocycles. The van der Waals surface area contributed by atoms with Crippen LogP contribution in [0.3, 0.4) is 0 Å². The fourth-order valence-corrected chi connectivity index (χ4v) is 2.19. The number of nitrogens with zero attached hydrogens (tertiary/aromatic N) is 1. The first-order chi connectivity index (χ1) is 8.47. The van der Waals surface area contributed by atoms with E-state index >= 15 is 0 Å². The highest BCUT2D eigenvalue weighted by Crippen LogP contribution is 2.26. The van der Waals surface area contributed by atoms with E-state index in [0.29, 0.717) is 5.02 Å². The van der Waals surface area contributed by atoms with Crippen molar-refractivity contribution in [1.82, 2.24) is 4.98 Å². The number of hydrogen-bond acceptors (Lipinski definition) is 2. The molecule has 4 heteroatoms. The summed E-state index contributed by atoms with van der Waals surface area (Å²) in [6.45, 7) is 3.82. The molecule has 0 spiro atoms. The number of benzene rings is 1. The average molecular weight is 262 g/mol. The van der Waals surface area contributed by atoms with Gasteiger partial charge in [0.15, 0.2) is 0 Å². The van der Waals surface area contributed by atoms with Gasteiger partial charge in [-0.3, -0.25) is 4.98 Å². The summed E-state index contributed by atoms with van der Waals surface area (Å²) in [7, 11) is 0. The number of aliphatic carboxylic acids is 1. The van der Waals surface area contributed by atoms with Crippen molar-refractivity contribution in [3.63, 3.8) is 0 Å². The number of carboxylic acids is 1. The van der Waals surface area contributed by atoms with Crippen molar-refractivity contribution in [2.75, 3.05) is 0 Å². The summed E-state index contributed by atoms with van der Waals surface area (Å²) in [5, 5.41) is 10.2. The monoisotopic (exact) mass is 261 g/mol. The van der Waals surface area contributed by atoms with Crippen LogP contribution in [0.2, 0.25) is 5.02 Å². The lowest BCUT2D eigenvalue weighted by Crippen LogP contribution is -1.92. The van der Waals surface area contributed by atoms with E-state index in [9.17, 15) is 4.79 Å². The molecule has 1 aromatic heterocycles. The third-order valence-electron chi connectivity index (χ3n) is 2.63. The van der Waals surface area contributed by atoms with Gasteiger partial charge in [0.1, 0.15) is 0 Å². The largest absolute Gasteiger partial charge is 0.478 e. The van der Waals surface area contributed by atoms with Crippen LogP contribution in [-0.2, 0) is 4.79 Å². The molecule has 0 aliphatic carbocycles. The highest BCUT2D eigenvalue weighted by molar-refractivity contribution is 6.31. The normalized spacial score (nSPS) is 11.3. The Kier molecular flexibility index (Phi) is 3.34. The van der Waals surface area contributed by atoms with Gasteiger partial charge in [-0.15, -0.1) is 0 Å². The van der Waals surface area contributed by atoms with Crippen LogP contribution >= 0.6 is 11.6 Å². The highest BCUT2D eigenvalue weighted by atomic mass is 35.5. The Morgan fingerprint density at radius 3 is 2.72 bits per heavy atom. The quantitative estimate of drug-likeness (QED) is 0.841. The lowest BCUT2D eigenvalue weighted by Gasteiger charge is -2.07. The predicted molar refractivity (Wildman–Crippen MR) is 72.9 cm³/mol. The van der Waals surface area contributed by atoms with Gasteiger partial charge in [-0.05, 0) is 49.2 Å². The van der Waals surface area contributed by atoms with E-state index in [1.807, 2.05) is 26.0 Å². The van der Waals surface area contributed by atoms with Crippen LogP contribution in [0.5, 0.6) is 0 Å². The molecule has 3 nitrogen and oxygen atoms in total. The van der Waals surface area contributed by atoms with Crippen LogP contribution in [0, 0.1) is 13.8 Å². The van der Waals surface area contributed by atoms with Gasteiger partial charge in [-0.25, -0.2) is 4.79 Å². The lowest BCUT2D eigenvalue weighted by molar-refractivity contribution is -0.131. The lowest BCUT2D eigenvalue weighted by atomic mass is 10.0. The first-order valence-corrected chi connectivity index (χ1v) is 5.83. The number of rotatable bonds is 2. The van der Waals surface area contributed by atoms with Gasteiger partial charge in [0.25, 0.3) is 0 Å². The van der Waals surface area contributed by atoms with Gasteiger partial charge >= 0.3 is 5.97 Å². The van der Waals surface area contributed by atoms with E-state index in [1.165, 1.54) is 0 Å². The van der Waals surface area contributed by atoms with E-state index in [4.69, 9.17) is 16.7 Å². The van der Waals surface area contributed by atoms with E-state index in [2.05, 4.69) is 4.98 Å². The molecule has 0 radical (unpaired) electrons. The smallest absolute Gasteiger partial charge is 0.328 e. The summed E-state index contributed by atoms with van der Waals surface area (Å²) in [6, 6.07) is 5.50. The summed E-state index contributed by atoms with van der Waals surface area (Å²) < 4.78 is 0. The predicted octanol–water partition coefficient (Wildman–Crippen LogP) is 3.60. The van der Waals surface area contributed by atoms with Gasteiger partial charge < -0.3 is 5.11 Å². The molecule has 0 amide bonds. The third kappa shape index (κ3) is 2.51. The molecular formula is C14H12ClNO2. The van der Waals surface area contributed by atoms with Crippen LogP contribution < -0.4 is 0 Å². The van der Waals surface area contributed by atoms with Crippen LogP contribution in [0.15, 0.2) is 24.3 Å². The summed E-state index contributed by atoms with van der Waals surface area (Å²) in [5.41, 5.74) is 3.49. The number of fused-ring (bicyclic) bond motifs is 1. The van der Waals surface area contributed by atoms with Crippen molar-refractivity contribution < 1.29 is 9.90 Å². The second-order valence-corrected chi connectivity index (χ2v) is 4.58. The Bertz CT molecular complexity index is 662. The van der Waals surface area contributed by atoms with Gasteiger partial charge in [-0.1, -0.05) is 11.6 Å². The molecule has 2 aromatic rings. The third-order valence-corrected chi connectivity index (χ3v) is 2.85. The first-order valence-electron chi connectivity index (χ1n) is 5.46. The highest BCUT2D eigenvalue weighted by Gasteiger charge is 2.06. The standard InChI is InChI=1S/C14H12ClNO2/c1-8-5-11(15)7-12-10(3-4-13(17)18)6-9(2)16-14(8)12/h3-7H,1-2H3,(H,17,18)/b4-3+. The summed E-state index contributed by atoms with van der Waals surface area (Å²) in [6.07, 6.45) is 2.68. The number of hydrogen-bond donors (Lipinski definition) is 1. The molecule has 1 aromatic carbocycles. The van der Waals surface area contributed by atoms with Crippen molar-refractivity contribution in [2.24, 2.45) is 0 Å². The summed E-state index contributed by atoms with van der Waals surface area (Å²) >= 11 is 6.03.